The van der Waals surface area contributed by atoms with Gasteiger partial charge in [0.15, 0.2) is 0 Å². The summed E-state index contributed by atoms with van der Waals surface area (Å²) < 4.78 is 13.6. The topological polar surface area (TPSA) is 107 Å². The van der Waals surface area contributed by atoms with Crippen LogP contribution < -0.4 is 16.6 Å². The number of aromatic nitrogens is 2. The second kappa shape index (κ2) is 9.53. The first-order chi connectivity index (χ1) is 16.1. The van der Waals surface area contributed by atoms with E-state index in [0.717, 1.165) is 23.3 Å². The summed E-state index contributed by atoms with van der Waals surface area (Å²) in [4.78, 5) is 46.7. The smallest absolute Gasteiger partial charge is 0.413 e. The van der Waals surface area contributed by atoms with E-state index < -0.39 is 6.09 Å². The zero-order valence-electron chi connectivity index (χ0n) is 20.5. The Hall–Kier alpha value is -2.66. The second-order valence-electron chi connectivity index (χ2n) is 10.1. The summed E-state index contributed by atoms with van der Waals surface area (Å²) in [5.74, 6) is 0.450. The molecule has 0 aromatic carbocycles. The first-order valence-electron chi connectivity index (χ1n) is 11.6. The highest BCUT2D eigenvalue weighted by molar-refractivity contribution is 7.18. The number of guanidine groups is 1. The fraction of sp³-hybridized carbons (Fsp3) is 0.652. The van der Waals surface area contributed by atoms with Crippen molar-refractivity contribution in [1.82, 2.24) is 19.4 Å². The molecule has 1 unspecified atom stereocenters. The molecule has 0 aliphatic carbocycles. The van der Waals surface area contributed by atoms with Gasteiger partial charge in [0, 0.05) is 24.6 Å². The molecule has 1 atom stereocenters. The van der Waals surface area contributed by atoms with E-state index in [1.54, 1.807) is 4.57 Å². The molecule has 1 saturated heterocycles. The van der Waals surface area contributed by atoms with E-state index in [2.05, 4.69) is 10.3 Å². The lowest BCUT2D eigenvalue weighted by molar-refractivity contribution is 0.0964. The number of carbonyl (C=O) groups is 1. The Morgan fingerprint density at radius 2 is 2.06 bits per heavy atom. The SMILES string of the molecule is COC(=O)NC1=NCCN1Cc1sc2c(c1C)c(=O)n(CC(C)(C)C)c(=O)n2CC1CCCO1. The third-order valence-electron chi connectivity index (χ3n) is 6.10. The van der Waals surface area contributed by atoms with Crippen molar-refractivity contribution < 1.29 is 14.3 Å². The molecule has 2 aromatic heterocycles. The van der Waals surface area contributed by atoms with Gasteiger partial charge in [-0.1, -0.05) is 20.8 Å². The molecule has 34 heavy (non-hydrogen) atoms. The molecule has 2 aliphatic rings. The molecule has 4 rings (SSSR count). The molecule has 1 N–H and O–H groups in total. The van der Waals surface area contributed by atoms with E-state index in [4.69, 9.17) is 9.47 Å². The Morgan fingerprint density at radius 3 is 2.71 bits per heavy atom. The lowest BCUT2D eigenvalue weighted by Crippen LogP contribution is -2.43. The third kappa shape index (κ3) is 4.90. The molecule has 0 saturated carbocycles. The highest BCUT2D eigenvalue weighted by atomic mass is 32.1. The third-order valence-corrected chi connectivity index (χ3v) is 7.40. The molecule has 0 bridgehead atoms. The maximum Gasteiger partial charge on any atom is 0.413 e. The number of nitrogens with zero attached hydrogens (tertiary/aromatic N) is 4. The average molecular weight is 492 g/mol. The number of fused-ring (bicyclic) bond motifs is 1. The van der Waals surface area contributed by atoms with Crippen LogP contribution in [-0.4, -0.2) is 59.0 Å². The number of rotatable bonds is 5. The number of hydrogen-bond donors (Lipinski definition) is 1. The fourth-order valence-electron chi connectivity index (χ4n) is 4.43. The van der Waals surface area contributed by atoms with Crippen molar-refractivity contribution in [2.45, 2.75) is 66.3 Å². The molecule has 11 heteroatoms. The number of amides is 1. The number of nitrogens with one attached hydrogen (secondary N) is 1. The lowest BCUT2D eigenvalue weighted by atomic mass is 9.97. The maximum atomic E-state index is 13.6. The summed E-state index contributed by atoms with van der Waals surface area (Å²) in [5, 5.41) is 3.23. The Kier molecular flexibility index (Phi) is 6.86. The van der Waals surface area contributed by atoms with E-state index in [1.165, 1.54) is 23.0 Å². The van der Waals surface area contributed by atoms with E-state index >= 15 is 0 Å². The number of aryl methyl sites for hydroxylation is 1. The van der Waals surface area contributed by atoms with Crippen LogP contribution in [0.4, 0.5) is 4.79 Å². The molecular weight excluding hydrogens is 458 g/mol. The van der Waals surface area contributed by atoms with Gasteiger partial charge in [-0.3, -0.25) is 24.2 Å². The van der Waals surface area contributed by atoms with Crippen LogP contribution in [0.3, 0.4) is 0 Å². The van der Waals surface area contributed by atoms with E-state index in [-0.39, 0.29) is 22.8 Å². The standard InChI is InChI=1S/C23H33N5O5S/c1-14-16(12-26-9-8-24-20(26)25-21(30)32-5)34-19-17(14)18(29)28(13-23(2,3)4)22(31)27(19)11-15-7-6-10-33-15/h15H,6-13H2,1-5H3,(H,24,25,30). The number of methoxy groups -OCH3 is 1. The van der Waals surface area contributed by atoms with Crippen LogP contribution in [0, 0.1) is 12.3 Å². The van der Waals surface area contributed by atoms with Crippen molar-refractivity contribution in [2.24, 2.45) is 10.4 Å². The molecule has 10 nitrogen and oxygen atoms in total. The minimum Gasteiger partial charge on any atom is -0.453 e. The predicted octanol–water partition coefficient (Wildman–Crippen LogP) is 2.29. The quantitative estimate of drug-likeness (QED) is 0.688. The molecule has 2 aromatic rings. The van der Waals surface area contributed by atoms with Crippen molar-refractivity contribution in [3.63, 3.8) is 0 Å². The Balaban J connectivity index is 1.78. The summed E-state index contributed by atoms with van der Waals surface area (Å²) in [6, 6.07) is 0. The highest BCUT2D eigenvalue weighted by Gasteiger charge is 2.27. The largest absolute Gasteiger partial charge is 0.453 e. The summed E-state index contributed by atoms with van der Waals surface area (Å²) in [5.41, 5.74) is 0.0945. The van der Waals surface area contributed by atoms with Crippen LogP contribution in [0.1, 0.15) is 44.1 Å². The second-order valence-corrected chi connectivity index (χ2v) is 11.1. The first kappa shape index (κ1) is 24.5. The van der Waals surface area contributed by atoms with Gasteiger partial charge in [-0.15, -0.1) is 11.3 Å². The van der Waals surface area contributed by atoms with Crippen molar-refractivity contribution in [3.05, 3.63) is 31.3 Å². The molecule has 1 amide bonds. The number of alkyl carbamates (subject to hydrolysis) is 1. The summed E-state index contributed by atoms with van der Waals surface area (Å²) in [6.07, 6.45) is 1.27. The van der Waals surface area contributed by atoms with Crippen LogP contribution in [0.15, 0.2) is 14.6 Å². The van der Waals surface area contributed by atoms with Crippen molar-refractivity contribution in [2.75, 3.05) is 26.8 Å². The van der Waals surface area contributed by atoms with E-state index in [0.29, 0.717) is 55.5 Å². The van der Waals surface area contributed by atoms with Crippen LogP contribution >= 0.6 is 11.3 Å². The average Bonchev–Trinajstić information content (AvgIpc) is 3.50. The fourth-order valence-corrected chi connectivity index (χ4v) is 5.74. The lowest BCUT2D eigenvalue weighted by Gasteiger charge is -2.21. The number of carbonyl (C=O) groups excluding carboxylic acids is 1. The Labute approximate surface area is 202 Å². The highest BCUT2D eigenvalue weighted by Crippen LogP contribution is 2.30. The predicted molar refractivity (Wildman–Crippen MR) is 132 cm³/mol. The maximum absolute atomic E-state index is 13.6. The van der Waals surface area contributed by atoms with E-state index in [1.807, 2.05) is 32.6 Å². The normalized spacial score (nSPS) is 18.6. The van der Waals surface area contributed by atoms with E-state index in [9.17, 15) is 14.4 Å². The number of hydrogen-bond acceptors (Lipinski definition) is 8. The molecule has 0 radical (unpaired) electrons. The molecule has 4 heterocycles. The Bertz CT molecular complexity index is 1230. The van der Waals surface area contributed by atoms with Crippen LogP contribution in [0.2, 0.25) is 0 Å². The minimum absolute atomic E-state index is 0.0334. The van der Waals surface area contributed by atoms with Crippen molar-refractivity contribution >= 4 is 33.6 Å². The van der Waals surface area contributed by atoms with Gasteiger partial charge in [0.2, 0.25) is 5.96 Å². The molecule has 186 valence electrons. The van der Waals surface area contributed by atoms with Gasteiger partial charge in [0.1, 0.15) is 4.83 Å². The molecule has 0 spiro atoms. The number of thiophene rings is 1. The molecule has 2 aliphatic heterocycles. The number of aliphatic imine (C=N–C) groups is 1. The summed E-state index contributed by atoms with van der Waals surface area (Å²) in [6.45, 7) is 11.1. The Morgan fingerprint density at radius 1 is 1.29 bits per heavy atom. The molecular formula is C23H33N5O5S. The van der Waals surface area contributed by atoms with Gasteiger partial charge >= 0.3 is 11.8 Å². The zero-order chi connectivity index (χ0) is 24.6. The zero-order valence-corrected chi connectivity index (χ0v) is 21.3. The number of ether oxygens (including phenoxy) is 2. The van der Waals surface area contributed by atoms with Gasteiger partial charge in [0.05, 0.1) is 38.2 Å². The first-order valence-corrected chi connectivity index (χ1v) is 12.4. The molecule has 1 fully saturated rings. The summed E-state index contributed by atoms with van der Waals surface area (Å²) in [7, 11) is 1.31. The van der Waals surface area contributed by atoms with Crippen LogP contribution in [0.5, 0.6) is 0 Å². The van der Waals surface area contributed by atoms with Crippen molar-refractivity contribution in [1.29, 1.82) is 0 Å². The van der Waals surface area contributed by atoms with Crippen LogP contribution in [-0.2, 0) is 29.1 Å². The van der Waals surface area contributed by atoms with Gasteiger partial charge in [-0.05, 0) is 30.7 Å². The van der Waals surface area contributed by atoms with Gasteiger partial charge in [0.25, 0.3) is 5.56 Å². The van der Waals surface area contributed by atoms with Gasteiger partial charge < -0.3 is 14.4 Å². The van der Waals surface area contributed by atoms with Gasteiger partial charge in [-0.25, -0.2) is 9.59 Å². The van der Waals surface area contributed by atoms with Gasteiger partial charge in [-0.2, -0.15) is 0 Å². The minimum atomic E-state index is -0.575. The van der Waals surface area contributed by atoms with Crippen molar-refractivity contribution in [3.8, 4) is 0 Å². The van der Waals surface area contributed by atoms with Crippen LogP contribution in [0.25, 0.3) is 10.2 Å². The summed E-state index contributed by atoms with van der Waals surface area (Å²) >= 11 is 1.46. The monoisotopic (exact) mass is 491 g/mol.